The number of aliphatic hydroxyl groups is 1. The third kappa shape index (κ3) is 5.86. The number of rotatable bonds is 10. The summed E-state index contributed by atoms with van der Waals surface area (Å²) >= 11 is 6.08. The third-order valence-corrected chi connectivity index (χ3v) is 5.54. The molecule has 0 unspecified atom stereocenters. The Morgan fingerprint density at radius 3 is 2.44 bits per heavy atom. The summed E-state index contributed by atoms with van der Waals surface area (Å²) in [5.74, 6) is 1.76. The maximum absolute atomic E-state index is 9.04. The van der Waals surface area contributed by atoms with E-state index in [0.717, 1.165) is 42.5 Å². The van der Waals surface area contributed by atoms with Gasteiger partial charge in [-0.1, -0.05) is 11.6 Å². The van der Waals surface area contributed by atoms with Gasteiger partial charge in [0, 0.05) is 61.6 Å². The highest BCUT2D eigenvalue weighted by atomic mass is 35.5. The number of hydrogen-bond acceptors (Lipinski definition) is 9. The van der Waals surface area contributed by atoms with Crippen LogP contribution in [-0.2, 0) is 0 Å². The van der Waals surface area contributed by atoms with E-state index < -0.39 is 0 Å². The van der Waals surface area contributed by atoms with Crippen LogP contribution in [0.2, 0.25) is 5.02 Å². The summed E-state index contributed by atoms with van der Waals surface area (Å²) < 4.78 is 0. The highest BCUT2D eigenvalue weighted by molar-refractivity contribution is 6.31. The first kappa shape index (κ1) is 22.3. The Hall–Kier alpha value is -2.91. The number of aliphatic hydroxyl groups excluding tert-OH is 1. The Morgan fingerprint density at radius 2 is 1.66 bits per heavy atom. The number of nitrogens with one attached hydrogen (secondary N) is 3. The number of hydrogen-bond donors (Lipinski definition) is 4. The van der Waals surface area contributed by atoms with E-state index in [0.29, 0.717) is 48.9 Å². The van der Waals surface area contributed by atoms with Gasteiger partial charge in [0.2, 0.25) is 17.8 Å². The molecule has 3 heterocycles. The van der Waals surface area contributed by atoms with Crippen LogP contribution >= 0.6 is 11.6 Å². The first-order valence-electron chi connectivity index (χ1n) is 11.1. The molecule has 0 atom stereocenters. The van der Waals surface area contributed by atoms with Gasteiger partial charge in [-0.25, -0.2) is 0 Å². The van der Waals surface area contributed by atoms with Gasteiger partial charge in [-0.15, -0.1) is 0 Å². The topological polar surface area (TPSA) is 111 Å². The van der Waals surface area contributed by atoms with Crippen molar-refractivity contribution in [2.24, 2.45) is 0 Å². The van der Waals surface area contributed by atoms with E-state index in [4.69, 9.17) is 16.7 Å². The fourth-order valence-electron chi connectivity index (χ4n) is 3.68. The first-order chi connectivity index (χ1) is 15.7. The molecule has 4 N–H and O–H groups in total. The van der Waals surface area contributed by atoms with Crippen LogP contribution < -0.4 is 20.9 Å². The van der Waals surface area contributed by atoms with Crippen molar-refractivity contribution in [3.05, 3.63) is 35.5 Å². The Bertz CT molecular complexity index is 1030. The number of benzene rings is 1. The Labute approximate surface area is 192 Å². The maximum atomic E-state index is 9.04. The van der Waals surface area contributed by atoms with Crippen molar-refractivity contribution in [2.45, 2.75) is 25.7 Å². The normalized spacial score (nSPS) is 13.9. The largest absolute Gasteiger partial charge is 0.396 e. The predicted octanol–water partition coefficient (Wildman–Crippen LogP) is 3.38. The number of piperidine rings is 1. The van der Waals surface area contributed by atoms with Gasteiger partial charge in [0.05, 0.1) is 5.52 Å². The Morgan fingerprint density at radius 1 is 0.906 bits per heavy atom. The summed E-state index contributed by atoms with van der Waals surface area (Å²) in [7, 11) is 0. The molecule has 9 nitrogen and oxygen atoms in total. The molecule has 0 spiro atoms. The minimum absolute atomic E-state index is 0.129. The monoisotopic (exact) mass is 456 g/mol. The third-order valence-electron chi connectivity index (χ3n) is 5.31. The van der Waals surface area contributed by atoms with Crippen LogP contribution in [-0.4, -0.2) is 64.4 Å². The minimum Gasteiger partial charge on any atom is -0.396 e. The average molecular weight is 457 g/mol. The number of nitrogens with zero attached hydrogens (tertiary/aromatic N) is 5. The Balaban J connectivity index is 1.40. The highest BCUT2D eigenvalue weighted by Gasteiger charge is 2.16. The van der Waals surface area contributed by atoms with E-state index in [1.54, 1.807) is 6.20 Å². The zero-order chi connectivity index (χ0) is 22.2. The van der Waals surface area contributed by atoms with Crippen molar-refractivity contribution in [1.82, 2.24) is 19.9 Å². The van der Waals surface area contributed by atoms with Crippen LogP contribution in [0, 0.1) is 0 Å². The highest BCUT2D eigenvalue weighted by Crippen LogP contribution is 2.24. The van der Waals surface area contributed by atoms with E-state index in [1.807, 2.05) is 24.3 Å². The molecule has 32 heavy (non-hydrogen) atoms. The van der Waals surface area contributed by atoms with Gasteiger partial charge in [0.15, 0.2) is 0 Å². The summed E-state index contributed by atoms with van der Waals surface area (Å²) in [5.41, 5.74) is 1.86. The lowest BCUT2D eigenvalue weighted by Gasteiger charge is -2.27. The number of anilines is 4. The van der Waals surface area contributed by atoms with Crippen molar-refractivity contribution in [2.75, 3.05) is 60.2 Å². The lowest BCUT2D eigenvalue weighted by molar-refractivity contribution is 0.292. The van der Waals surface area contributed by atoms with Gasteiger partial charge < -0.3 is 26.0 Å². The van der Waals surface area contributed by atoms with Gasteiger partial charge in [-0.2, -0.15) is 15.0 Å². The SMILES string of the molecule is OCCCNc1nc(NCCNc2ccnc3cc(Cl)ccc23)nc(N2CCCCC2)n1. The zero-order valence-electron chi connectivity index (χ0n) is 18.0. The molecule has 1 fully saturated rings. The Kier molecular flexibility index (Phi) is 7.73. The van der Waals surface area contributed by atoms with E-state index >= 15 is 0 Å². The molecule has 1 aliphatic heterocycles. The number of aromatic nitrogens is 4. The van der Waals surface area contributed by atoms with Gasteiger partial charge in [-0.05, 0) is 49.9 Å². The number of fused-ring (bicyclic) bond motifs is 1. The molecule has 0 radical (unpaired) electrons. The van der Waals surface area contributed by atoms with Crippen LogP contribution in [0.5, 0.6) is 0 Å². The summed E-state index contributed by atoms with van der Waals surface area (Å²) in [6, 6.07) is 7.66. The van der Waals surface area contributed by atoms with Crippen molar-refractivity contribution >= 4 is 46.0 Å². The van der Waals surface area contributed by atoms with Gasteiger partial charge in [-0.3, -0.25) is 4.98 Å². The summed E-state index contributed by atoms with van der Waals surface area (Å²) in [6.07, 6.45) is 5.96. The molecule has 0 bridgehead atoms. The molecule has 1 aromatic carbocycles. The van der Waals surface area contributed by atoms with Gasteiger partial charge in [0.25, 0.3) is 0 Å². The lowest BCUT2D eigenvalue weighted by atomic mass is 10.1. The quantitative estimate of drug-likeness (QED) is 0.341. The standard InChI is InChI=1S/C22H29ClN8O/c23-16-5-6-17-18(7-9-24-19(17)15-16)25-10-11-27-21-28-20(26-8-4-14-32)29-22(30-21)31-12-2-1-3-13-31/h5-7,9,15,32H,1-4,8,10-14H2,(H,24,25)(H2,26,27,28,29,30). The second-order valence-corrected chi connectivity index (χ2v) is 8.14. The van der Waals surface area contributed by atoms with E-state index in [1.165, 1.54) is 6.42 Å². The zero-order valence-corrected chi connectivity index (χ0v) is 18.8. The molecule has 1 aliphatic rings. The summed E-state index contributed by atoms with van der Waals surface area (Å²) in [6.45, 7) is 3.97. The lowest BCUT2D eigenvalue weighted by Crippen LogP contribution is -2.31. The summed E-state index contributed by atoms with van der Waals surface area (Å²) in [4.78, 5) is 20.3. The van der Waals surface area contributed by atoms with Gasteiger partial charge >= 0.3 is 0 Å². The molecule has 3 aromatic rings. The molecular formula is C22H29ClN8O. The fourth-order valence-corrected chi connectivity index (χ4v) is 3.85. The van der Waals surface area contributed by atoms with E-state index in [2.05, 4.69) is 40.8 Å². The maximum Gasteiger partial charge on any atom is 0.231 e. The molecule has 2 aromatic heterocycles. The molecule has 170 valence electrons. The number of pyridine rings is 1. The number of halogens is 1. The van der Waals surface area contributed by atoms with Crippen molar-refractivity contribution in [3.63, 3.8) is 0 Å². The van der Waals surface area contributed by atoms with Crippen LogP contribution in [0.25, 0.3) is 10.9 Å². The molecule has 0 amide bonds. The van der Waals surface area contributed by atoms with Gasteiger partial charge in [0.1, 0.15) is 0 Å². The average Bonchev–Trinajstić information content (AvgIpc) is 2.82. The molecule has 0 aliphatic carbocycles. The van der Waals surface area contributed by atoms with E-state index in [9.17, 15) is 0 Å². The predicted molar refractivity (Wildman–Crippen MR) is 130 cm³/mol. The van der Waals surface area contributed by atoms with Crippen molar-refractivity contribution in [3.8, 4) is 0 Å². The van der Waals surface area contributed by atoms with Crippen LogP contribution in [0.3, 0.4) is 0 Å². The van der Waals surface area contributed by atoms with Crippen molar-refractivity contribution in [1.29, 1.82) is 0 Å². The summed E-state index contributed by atoms with van der Waals surface area (Å²) in [5, 5.41) is 20.7. The minimum atomic E-state index is 0.129. The van der Waals surface area contributed by atoms with Crippen LogP contribution in [0.4, 0.5) is 23.5 Å². The molecule has 0 saturated carbocycles. The fraction of sp³-hybridized carbons (Fsp3) is 0.455. The molecule has 4 rings (SSSR count). The molecule has 1 saturated heterocycles. The van der Waals surface area contributed by atoms with Crippen molar-refractivity contribution < 1.29 is 5.11 Å². The second kappa shape index (κ2) is 11.1. The second-order valence-electron chi connectivity index (χ2n) is 7.71. The van der Waals surface area contributed by atoms with Crippen LogP contribution in [0.15, 0.2) is 30.5 Å². The molecular weight excluding hydrogens is 428 g/mol. The van der Waals surface area contributed by atoms with E-state index in [-0.39, 0.29) is 6.61 Å². The first-order valence-corrected chi connectivity index (χ1v) is 11.5. The molecule has 10 heteroatoms. The smallest absolute Gasteiger partial charge is 0.231 e. The van der Waals surface area contributed by atoms with Crippen LogP contribution in [0.1, 0.15) is 25.7 Å².